The number of benzene rings is 1. The molecule has 0 aliphatic heterocycles. The largest absolute Gasteiger partial charge is 0.488 e. The van der Waals surface area contributed by atoms with Crippen molar-refractivity contribution < 1.29 is 13.5 Å². The van der Waals surface area contributed by atoms with Gasteiger partial charge in [0.25, 0.3) is 0 Å². The van der Waals surface area contributed by atoms with Gasteiger partial charge in [-0.25, -0.2) is 8.78 Å². The molecule has 1 aromatic rings. The lowest BCUT2D eigenvalue weighted by molar-refractivity contribution is 0.281. The first kappa shape index (κ1) is 17.2. The second kappa shape index (κ2) is 8.50. The molecular formula is C19H28F2O. The standard InChI is InChI=1S/C19H28F2O/c1-3-5-6-14-7-9-15(10-8-14)16-12-17(20)19(18(21)13-16)22-11-4-2/h12-15H,3-11H2,1-2H3. The highest BCUT2D eigenvalue weighted by molar-refractivity contribution is 5.33. The number of halogens is 2. The zero-order valence-corrected chi connectivity index (χ0v) is 13.8. The Morgan fingerprint density at radius 3 is 2.18 bits per heavy atom. The van der Waals surface area contributed by atoms with Gasteiger partial charge in [-0.15, -0.1) is 0 Å². The molecular weight excluding hydrogens is 282 g/mol. The second-order valence-corrected chi connectivity index (χ2v) is 6.52. The van der Waals surface area contributed by atoms with Gasteiger partial charge >= 0.3 is 0 Å². The molecule has 1 aliphatic rings. The molecule has 1 aliphatic carbocycles. The smallest absolute Gasteiger partial charge is 0.190 e. The van der Waals surface area contributed by atoms with Crippen LogP contribution < -0.4 is 4.74 Å². The second-order valence-electron chi connectivity index (χ2n) is 6.52. The van der Waals surface area contributed by atoms with Crippen LogP contribution in [0, 0.1) is 17.6 Å². The minimum absolute atomic E-state index is 0.220. The Kier molecular flexibility index (Phi) is 6.66. The van der Waals surface area contributed by atoms with Gasteiger partial charge in [0.05, 0.1) is 6.61 Å². The monoisotopic (exact) mass is 310 g/mol. The molecule has 0 atom stereocenters. The van der Waals surface area contributed by atoms with Crippen LogP contribution >= 0.6 is 0 Å². The van der Waals surface area contributed by atoms with Crippen LogP contribution in [0.3, 0.4) is 0 Å². The van der Waals surface area contributed by atoms with E-state index in [2.05, 4.69) is 6.92 Å². The fraction of sp³-hybridized carbons (Fsp3) is 0.684. The molecule has 1 aromatic carbocycles. The Balaban J connectivity index is 1.99. The molecule has 1 nitrogen and oxygen atoms in total. The molecule has 0 spiro atoms. The molecule has 0 N–H and O–H groups in total. The first-order valence-corrected chi connectivity index (χ1v) is 8.77. The van der Waals surface area contributed by atoms with Crippen molar-refractivity contribution in [2.24, 2.45) is 5.92 Å². The zero-order chi connectivity index (χ0) is 15.9. The van der Waals surface area contributed by atoms with Gasteiger partial charge in [0.2, 0.25) is 0 Å². The average molecular weight is 310 g/mol. The van der Waals surface area contributed by atoms with Gasteiger partial charge in [-0.05, 0) is 61.6 Å². The van der Waals surface area contributed by atoms with E-state index in [0.717, 1.165) is 30.7 Å². The van der Waals surface area contributed by atoms with E-state index in [-0.39, 0.29) is 5.75 Å². The fourth-order valence-electron chi connectivity index (χ4n) is 3.43. The van der Waals surface area contributed by atoms with Crippen molar-refractivity contribution in [2.45, 2.75) is 71.1 Å². The molecule has 0 bridgehead atoms. The maximum absolute atomic E-state index is 14.1. The maximum atomic E-state index is 14.1. The van der Waals surface area contributed by atoms with E-state index in [1.54, 1.807) is 0 Å². The quantitative estimate of drug-likeness (QED) is 0.581. The number of ether oxygens (including phenoxy) is 1. The Hall–Kier alpha value is -1.12. The van der Waals surface area contributed by atoms with Crippen molar-refractivity contribution in [3.05, 3.63) is 29.3 Å². The van der Waals surface area contributed by atoms with Crippen molar-refractivity contribution in [3.8, 4) is 5.75 Å². The summed E-state index contributed by atoms with van der Waals surface area (Å²) in [6, 6.07) is 2.95. The van der Waals surface area contributed by atoms with Gasteiger partial charge in [0, 0.05) is 0 Å². The molecule has 0 amide bonds. The first-order valence-electron chi connectivity index (χ1n) is 8.77. The molecule has 1 saturated carbocycles. The lowest BCUT2D eigenvalue weighted by Crippen LogP contribution is -2.14. The third kappa shape index (κ3) is 4.44. The third-order valence-electron chi connectivity index (χ3n) is 4.76. The van der Waals surface area contributed by atoms with E-state index in [1.165, 1.54) is 44.2 Å². The molecule has 0 aromatic heterocycles. The van der Waals surface area contributed by atoms with Gasteiger partial charge < -0.3 is 4.74 Å². The fourth-order valence-corrected chi connectivity index (χ4v) is 3.43. The van der Waals surface area contributed by atoms with E-state index >= 15 is 0 Å². The van der Waals surface area contributed by atoms with Crippen LogP contribution in [0.25, 0.3) is 0 Å². The molecule has 1 fully saturated rings. The van der Waals surface area contributed by atoms with E-state index < -0.39 is 11.6 Å². The van der Waals surface area contributed by atoms with Crippen molar-refractivity contribution in [3.63, 3.8) is 0 Å². The topological polar surface area (TPSA) is 9.23 Å². The van der Waals surface area contributed by atoms with Crippen molar-refractivity contribution in [1.29, 1.82) is 0 Å². The number of hydrogen-bond acceptors (Lipinski definition) is 1. The molecule has 0 saturated heterocycles. The van der Waals surface area contributed by atoms with Gasteiger partial charge in [-0.3, -0.25) is 0 Å². The van der Waals surface area contributed by atoms with E-state index in [0.29, 0.717) is 12.5 Å². The van der Waals surface area contributed by atoms with Crippen LogP contribution in [0.15, 0.2) is 12.1 Å². The minimum atomic E-state index is -0.559. The van der Waals surface area contributed by atoms with Crippen LogP contribution in [0.5, 0.6) is 5.75 Å². The van der Waals surface area contributed by atoms with Crippen LogP contribution in [0.2, 0.25) is 0 Å². The summed E-state index contributed by atoms with van der Waals surface area (Å²) in [6.45, 7) is 4.48. The van der Waals surface area contributed by atoms with Gasteiger partial charge in [-0.1, -0.05) is 33.1 Å². The summed E-state index contributed by atoms with van der Waals surface area (Å²) in [6.07, 6.45) is 9.03. The molecule has 0 radical (unpaired) electrons. The van der Waals surface area contributed by atoms with Crippen LogP contribution in [-0.4, -0.2) is 6.61 Å². The van der Waals surface area contributed by atoms with E-state index in [9.17, 15) is 8.78 Å². The number of rotatable bonds is 7. The molecule has 0 heterocycles. The highest BCUT2D eigenvalue weighted by atomic mass is 19.1. The lowest BCUT2D eigenvalue weighted by Gasteiger charge is -2.29. The summed E-state index contributed by atoms with van der Waals surface area (Å²) in [7, 11) is 0. The Morgan fingerprint density at radius 2 is 1.64 bits per heavy atom. The van der Waals surface area contributed by atoms with Gasteiger partial charge in [0.1, 0.15) is 0 Å². The Morgan fingerprint density at radius 1 is 1.00 bits per heavy atom. The van der Waals surface area contributed by atoms with Crippen LogP contribution in [-0.2, 0) is 0 Å². The highest BCUT2D eigenvalue weighted by Crippen LogP contribution is 2.39. The van der Waals surface area contributed by atoms with Gasteiger partial charge in [-0.2, -0.15) is 0 Å². The van der Waals surface area contributed by atoms with Crippen LogP contribution in [0.1, 0.15) is 76.7 Å². The maximum Gasteiger partial charge on any atom is 0.190 e. The highest BCUT2D eigenvalue weighted by Gasteiger charge is 2.24. The van der Waals surface area contributed by atoms with Gasteiger partial charge in [0.15, 0.2) is 17.4 Å². The average Bonchev–Trinajstić information content (AvgIpc) is 2.52. The number of unbranched alkanes of at least 4 members (excludes halogenated alkanes) is 1. The normalized spacial score (nSPS) is 21.8. The minimum Gasteiger partial charge on any atom is -0.488 e. The third-order valence-corrected chi connectivity index (χ3v) is 4.76. The summed E-state index contributed by atoms with van der Waals surface area (Å²) >= 11 is 0. The Labute approximate surface area is 133 Å². The SMILES string of the molecule is CCCCC1CCC(c2cc(F)c(OCCC)c(F)c2)CC1. The first-order chi connectivity index (χ1) is 10.7. The van der Waals surface area contributed by atoms with Crippen molar-refractivity contribution in [1.82, 2.24) is 0 Å². The summed E-state index contributed by atoms with van der Waals surface area (Å²) in [5.41, 5.74) is 0.799. The summed E-state index contributed by atoms with van der Waals surface area (Å²) < 4.78 is 33.3. The molecule has 2 rings (SSSR count). The summed E-state index contributed by atoms with van der Waals surface area (Å²) in [5.74, 6) is -0.240. The van der Waals surface area contributed by atoms with E-state index in [1.807, 2.05) is 6.92 Å². The predicted octanol–water partition coefficient (Wildman–Crippen LogP) is 6.22. The molecule has 124 valence electrons. The molecule has 0 unspecified atom stereocenters. The summed E-state index contributed by atoms with van der Waals surface area (Å²) in [5, 5.41) is 0. The zero-order valence-electron chi connectivity index (χ0n) is 13.8. The molecule has 3 heteroatoms. The predicted molar refractivity (Wildman–Crippen MR) is 86.4 cm³/mol. The molecule has 22 heavy (non-hydrogen) atoms. The van der Waals surface area contributed by atoms with E-state index in [4.69, 9.17) is 4.74 Å². The van der Waals surface area contributed by atoms with Crippen LogP contribution in [0.4, 0.5) is 8.78 Å². The lowest BCUT2D eigenvalue weighted by atomic mass is 9.77. The number of hydrogen-bond donors (Lipinski definition) is 0. The van der Waals surface area contributed by atoms with Crippen molar-refractivity contribution >= 4 is 0 Å². The summed E-state index contributed by atoms with van der Waals surface area (Å²) in [4.78, 5) is 0. The van der Waals surface area contributed by atoms with Crippen molar-refractivity contribution in [2.75, 3.05) is 6.61 Å². The Bertz CT molecular complexity index is 441.